The first-order valence-corrected chi connectivity index (χ1v) is 3.09. The summed E-state index contributed by atoms with van der Waals surface area (Å²) in [6.07, 6.45) is 2.02. The molecule has 0 unspecified atom stereocenters. The van der Waals surface area contributed by atoms with Crippen LogP contribution in [0.1, 0.15) is 20.3 Å². The number of aliphatic hydroxyl groups excluding tert-OH is 1. The topological polar surface area (TPSA) is 45.0 Å². The molecular formula is C7H12N2O. The SMILES string of the molecule is C=NC=N/C(CC)=C(\C)O. The van der Waals surface area contributed by atoms with Gasteiger partial charge in [-0.25, -0.2) is 4.99 Å². The van der Waals surface area contributed by atoms with Gasteiger partial charge in [0.15, 0.2) is 0 Å². The molecule has 0 aliphatic carbocycles. The summed E-state index contributed by atoms with van der Waals surface area (Å²) in [5.74, 6) is 0.238. The van der Waals surface area contributed by atoms with Gasteiger partial charge in [-0.1, -0.05) is 6.92 Å². The van der Waals surface area contributed by atoms with Crippen molar-refractivity contribution in [1.29, 1.82) is 0 Å². The molecule has 10 heavy (non-hydrogen) atoms. The Labute approximate surface area is 60.8 Å². The third-order valence-corrected chi connectivity index (χ3v) is 1.05. The van der Waals surface area contributed by atoms with E-state index < -0.39 is 0 Å². The van der Waals surface area contributed by atoms with Gasteiger partial charge in [-0.2, -0.15) is 0 Å². The summed E-state index contributed by atoms with van der Waals surface area (Å²) >= 11 is 0. The monoisotopic (exact) mass is 140 g/mol. The standard InChI is InChI=1S/C7H12N2O/c1-4-7(6(2)10)9-5-8-3/h5,10H,3-4H2,1-2H3/b7-6+,9-5?. The van der Waals surface area contributed by atoms with E-state index in [1.165, 1.54) is 6.34 Å². The first-order valence-electron chi connectivity index (χ1n) is 3.09. The van der Waals surface area contributed by atoms with Crippen LogP contribution in [0, 0.1) is 0 Å². The second kappa shape index (κ2) is 4.73. The number of nitrogens with zero attached hydrogens (tertiary/aromatic N) is 2. The molecule has 0 aromatic carbocycles. The van der Waals surface area contributed by atoms with E-state index in [1.54, 1.807) is 6.92 Å². The molecule has 0 aromatic heterocycles. The van der Waals surface area contributed by atoms with E-state index in [9.17, 15) is 0 Å². The van der Waals surface area contributed by atoms with Crippen molar-refractivity contribution >= 4 is 13.1 Å². The molecule has 56 valence electrons. The minimum absolute atomic E-state index is 0.238. The Bertz CT molecular complexity index is 166. The fourth-order valence-electron chi connectivity index (χ4n) is 0.551. The van der Waals surface area contributed by atoms with Gasteiger partial charge < -0.3 is 5.11 Å². The van der Waals surface area contributed by atoms with Crippen LogP contribution in [0.3, 0.4) is 0 Å². The first kappa shape index (κ1) is 8.88. The van der Waals surface area contributed by atoms with Gasteiger partial charge in [-0.15, -0.1) is 0 Å². The van der Waals surface area contributed by atoms with Gasteiger partial charge in [0, 0.05) is 0 Å². The third-order valence-electron chi connectivity index (χ3n) is 1.05. The molecule has 0 saturated carbocycles. The Morgan fingerprint density at radius 3 is 2.60 bits per heavy atom. The van der Waals surface area contributed by atoms with Crippen LogP contribution in [0.25, 0.3) is 0 Å². The van der Waals surface area contributed by atoms with Crippen LogP contribution in [0.5, 0.6) is 0 Å². The minimum Gasteiger partial charge on any atom is -0.511 e. The van der Waals surface area contributed by atoms with E-state index in [4.69, 9.17) is 5.11 Å². The van der Waals surface area contributed by atoms with E-state index in [2.05, 4.69) is 16.7 Å². The molecule has 0 radical (unpaired) electrons. The van der Waals surface area contributed by atoms with E-state index in [0.29, 0.717) is 12.1 Å². The van der Waals surface area contributed by atoms with Crippen molar-refractivity contribution in [1.82, 2.24) is 0 Å². The van der Waals surface area contributed by atoms with E-state index in [1.807, 2.05) is 6.92 Å². The number of hydrogen-bond donors (Lipinski definition) is 1. The Morgan fingerprint density at radius 2 is 2.30 bits per heavy atom. The molecule has 3 nitrogen and oxygen atoms in total. The number of aliphatic imine (C=N–C) groups is 2. The van der Waals surface area contributed by atoms with Crippen LogP contribution in [0.15, 0.2) is 21.4 Å². The molecule has 0 aromatic rings. The predicted molar refractivity (Wildman–Crippen MR) is 43.7 cm³/mol. The Kier molecular flexibility index (Phi) is 4.20. The molecule has 0 aliphatic rings. The van der Waals surface area contributed by atoms with Crippen molar-refractivity contribution in [3.05, 3.63) is 11.5 Å². The maximum atomic E-state index is 8.94. The quantitative estimate of drug-likeness (QED) is 0.363. The van der Waals surface area contributed by atoms with Crippen molar-refractivity contribution < 1.29 is 5.11 Å². The molecule has 0 spiro atoms. The highest BCUT2D eigenvalue weighted by molar-refractivity contribution is 5.63. The summed E-state index contributed by atoms with van der Waals surface area (Å²) in [6, 6.07) is 0. The van der Waals surface area contributed by atoms with Gasteiger partial charge in [0.1, 0.15) is 12.1 Å². The molecule has 1 N–H and O–H groups in total. The lowest BCUT2D eigenvalue weighted by Gasteiger charge is -1.95. The lowest BCUT2D eigenvalue weighted by atomic mass is 10.3. The van der Waals surface area contributed by atoms with Gasteiger partial charge in [0.25, 0.3) is 0 Å². The molecule has 0 atom stereocenters. The van der Waals surface area contributed by atoms with E-state index >= 15 is 0 Å². The van der Waals surface area contributed by atoms with E-state index in [0.717, 1.165) is 0 Å². The van der Waals surface area contributed by atoms with Gasteiger partial charge in [-0.05, 0) is 20.1 Å². The van der Waals surface area contributed by atoms with Gasteiger partial charge in [0.2, 0.25) is 0 Å². The Hall–Kier alpha value is -1.12. The number of allylic oxidation sites excluding steroid dienone is 2. The molecule has 0 fully saturated rings. The number of hydrogen-bond acceptors (Lipinski definition) is 2. The van der Waals surface area contributed by atoms with Crippen molar-refractivity contribution in [3.63, 3.8) is 0 Å². The summed E-state index contributed by atoms with van der Waals surface area (Å²) in [5, 5.41) is 8.94. The summed E-state index contributed by atoms with van der Waals surface area (Å²) in [4.78, 5) is 7.25. The van der Waals surface area contributed by atoms with Crippen molar-refractivity contribution in [2.24, 2.45) is 9.98 Å². The van der Waals surface area contributed by atoms with Gasteiger partial charge >= 0.3 is 0 Å². The van der Waals surface area contributed by atoms with Crippen LogP contribution < -0.4 is 0 Å². The first-order chi connectivity index (χ1) is 4.72. The zero-order valence-electron chi connectivity index (χ0n) is 6.33. The highest BCUT2D eigenvalue weighted by Crippen LogP contribution is 2.05. The van der Waals surface area contributed by atoms with Crippen LogP contribution in [-0.2, 0) is 0 Å². The fraction of sp³-hybridized carbons (Fsp3) is 0.429. The molecule has 0 rings (SSSR count). The maximum Gasteiger partial charge on any atom is 0.115 e. The molecule has 0 saturated heterocycles. The molecule has 0 bridgehead atoms. The Morgan fingerprint density at radius 1 is 1.70 bits per heavy atom. The van der Waals surface area contributed by atoms with Gasteiger partial charge in [-0.3, -0.25) is 4.99 Å². The number of rotatable bonds is 3. The van der Waals surface area contributed by atoms with Crippen LogP contribution >= 0.6 is 0 Å². The molecular weight excluding hydrogens is 128 g/mol. The van der Waals surface area contributed by atoms with Crippen molar-refractivity contribution in [2.75, 3.05) is 0 Å². The largest absolute Gasteiger partial charge is 0.511 e. The van der Waals surface area contributed by atoms with E-state index in [-0.39, 0.29) is 5.76 Å². The lowest BCUT2D eigenvalue weighted by molar-refractivity contribution is 0.404. The average molecular weight is 140 g/mol. The predicted octanol–water partition coefficient (Wildman–Crippen LogP) is 1.91. The normalized spacial score (nSPS) is 13.4. The smallest absolute Gasteiger partial charge is 0.115 e. The summed E-state index contributed by atoms with van der Waals surface area (Å²) in [6.45, 7) is 6.73. The van der Waals surface area contributed by atoms with Crippen molar-refractivity contribution in [2.45, 2.75) is 20.3 Å². The van der Waals surface area contributed by atoms with Crippen LogP contribution in [0.4, 0.5) is 0 Å². The Balaban J connectivity index is 4.23. The summed E-state index contributed by atoms with van der Waals surface area (Å²) in [5.41, 5.74) is 0.646. The highest BCUT2D eigenvalue weighted by atomic mass is 16.3. The molecule has 0 amide bonds. The lowest BCUT2D eigenvalue weighted by Crippen LogP contribution is -1.82. The number of aliphatic hydroxyl groups is 1. The summed E-state index contributed by atoms with van der Waals surface area (Å²) in [7, 11) is 0. The second-order valence-electron chi connectivity index (χ2n) is 1.81. The maximum absolute atomic E-state index is 8.94. The average Bonchev–Trinajstić information content (AvgIpc) is 1.89. The van der Waals surface area contributed by atoms with Crippen LogP contribution in [-0.4, -0.2) is 18.2 Å². The molecule has 3 heteroatoms. The van der Waals surface area contributed by atoms with Gasteiger partial charge in [0.05, 0.1) is 5.70 Å². The third kappa shape index (κ3) is 3.02. The molecule has 0 aliphatic heterocycles. The highest BCUT2D eigenvalue weighted by Gasteiger charge is 1.92. The fourth-order valence-corrected chi connectivity index (χ4v) is 0.551. The minimum atomic E-state index is 0.238. The zero-order valence-corrected chi connectivity index (χ0v) is 6.33. The zero-order chi connectivity index (χ0) is 7.98. The summed E-state index contributed by atoms with van der Waals surface area (Å²) < 4.78 is 0. The van der Waals surface area contributed by atoms with Crippen molar-refractivity contribution in [3.8, 4) is 0 Å². The van der Waals surface area contributed by atoms with Crippen LogP contribution in [0.2, 0.25) is 0 Å². The second-order valence-corrected chi connectivity index (χ2v) is 1.81. The molecule has 0 heterocycles.